The fraction of sp³-hybridized carbons (Fsp3) is 0.429. The van der Waals surface area contributed by atoms with Gasteiger partial charge in [0.05, 0.1) is 11.6 Å². The average Bonchev–Trinajstić information content (AvgIpc) is 2.96. The van der Waals surface area contributed by atoms with Crippen molar-refractivity contribution < 1.29 is 14.3 Å². The number of carbonyl (C=O) groups excluding carboxylic acids is 2. The van der Waals surface area contributed by atoms with Gasteiger partial charge in [0.1, 0.15) is 12.3 Å². The molecule has 0 unspecified atom stereocenters. The number of nitrogens with zero attached hydrogens (tertiary/aromatic N) is 2. The van der Waals surface area contributed by atoms with Crippen molar-refractivity contribution in [2.24, 2.45) is 0 Å². The van der Waals surface area contributed by atoms with Crippen LogP contribution in [0.4, 0.5) is 5.69 Å². The molecule has 3 rings (SSSR count). The molecule has 0 aromatic heterocycles. The van der Waals surface area contributed by atoms with Crippen LogP contribution in [-0.4, -0.2) is 48.0 Å². The van der Waals surface area contributed by atoms with Crippen molar-refractivity contribution in [1.29, 1.82) is 0 Å². The highest BCUT2D eigenvalue weighted by Gasteiger charge is 2.29. The number of amides is 2. The number of thioether (sulfide) groups is 1. The van der Waals surface area contributed by atoms with Crippen molar-refractivity contribution in [1.82, 2.24) is 4.90 Å². The zero-order chi connectivity index (χ0) is 14.1. The van der Waals surface area contributed by atoms with Crippen LogP contribution in [0.1, 0.15) is 5.56 Å². The summed E-state index contributed by atoms with van der Waals surface area (Å²) >= 11 is 1.74. The molecule has 0 aliphatic carbocycles. The highest BCUT2D eigenvalue weighted by atomic mass is 32.2. The zero-order valence-corrected chi connectivity index (χ0v) is 12.1. The van der Waals surface area contributed by atoms with E-state index < -0.39 is 0 Å². The largest absolute Gasteiger partial charge is 0.482 e. The minimum atomic E-state index is -0.164. The van der Waals surface area contributed by atoms with Crippen molar-refractivity contribution in [2.45, 2.75) is 6.92 Å². The molecule has 5 nitrogen and oxygen atoms in total. The first-order valence-corrected chi connectivity index (χ1v) is 7.70. The molecule has 0 saturated carbocycles. The second kappa shape index (κ2) is 5.36. The summed E-state index contributed by atoms with van der Waals surface area (Å²) in [4.78, 5) is 27.6. The Balaban J connectivity index is 1.83. The summed E-state index contributed by atoms with van der Waals surface area (Å²) in [5.41, 5.74) is 1.73. The van der Waals surface area contributed by atoms with Crippen LogP contribution < -0.4 is 9.64 Å². The Morgan fingerprint density at radius 1 is 1.45 bits per heavy atom. The van der Waals surface area contributed by atoms with Crippen LogP contribution >= 0.6 is 11.8 Å². The lowest BCUT2D eigenvalue weighted by Gasteiger charge is -2.30. The van der Waals surface area contributed by atoms with Crippen molar-refractivity contribution in [3.63, 3.8) is 0 Å². The van der Waals surface area contributed by atoms with Crippen molar-refractivity contribution in [3.8, 4) is 5.75 Å². The normalized spacial score (nSPS) is 17.9. The van der Waals surface area contributed by atoms with Crippen LogP contribution in [0.25, 0.3) is 0 Å². The van der Waals surface area contributed by atoms with E-state index in [0.717, 1.165) is 23.7 Å². The molecule has 2 amide bonds. The smallest absolute Gasteiger partial charge is 0.265 e. The van der Waals surface area contributed by atoms with Crippen LogP contribution in [0.15, 0.2) is 18.2 Å². The molecule has 0 spiro atoms. The summed E-state index contributed by atoms with van der Waals surface area (Å²) in [6.07, 6.45) is 0. The Morgan fingerprint density at radius 2 is 2.30 bits per heavy atom. The molecular weight excluding hydrogens is 276 g/mol. The van der Waals surface area contributed by atoms with Gasteiger partial charge in [-0.05, 0) is 24.6 Å². The number of ether oxygens (including phenoxy) is 1. The minimum Gasteiger partial charge on any atom is -0.482 e. The standard InChI is InChI=1S/C14H16N2O3S/c1-10-2-3-12-11(6-10)16(14(18)8-19-12)7-13(17)15-4-5-20-9-15/h2-3,6H,4-5,7-9H2,1H3. The maximum atomic E-state index is 12.2. The van der Waals surface area contributed by atoms with Gasteiger partial charge in [0.2, 0.25) is 5.91 Å². The van der Waals surface area contributed by atoms with E-state index in [9.17, 15) is 9.59 Å². The van der Waals surface area contributed by atoms with Crippen molar-refractivity contribution >= 4 is 29.3 Å². The molecule has 1 fully saturated rings. The van der Waals surface area contributed by atoms with E-state index in [1.54, 1.807) is 16.7 Å². The van der Waals surface area contributed by atoms with E-state index in [1.807, 2.05) is 25.1 Å². The molecule has 2 aliphatic rings. The van der Waals surface area contributed by atoms with E-state index in [4.69, 9.17) is 4.74 Å². The molecule has 106 valence electrons. The Morgan fingerprint density at radius 3 is 3.05 bits per heavy atom. The summed E-state index contributed by atoms with van der Waals surface area (Å²) < 4.78 is 5.41. The predicted molar refractivity (Wildman–Crippen MR) is 78.1 cm³/mol. The number of benzene rings is 1. The van der Waals surface area contributed by atoms with Gasteiger partial charge in [0.25, 0.3) is 5.91 Å². The number of aryl methyl sites for hydroxylation is 1. The highest BCUT2D eigenvalue weighted by Crippen LogP contribution is 2.32. The van der Waals surface area contributed by atoms with Gasteiger partial charge in [0, 0.05) is 12.3 Å². The van der Waals surface area contributed by atoms with Gasteiger partial charge in [-0.2, -0.15) is 0 Å². The topological polar surface area (TPSA) is 49.9 Å². The quantitative estimate of drug-likeness (QED) is 0.823. The third kappa shape index (κ3) is 2.47. The monoisotopic (exact) mass is 292 g/mol. The number of fused-ring (bicyclic) bond motifs is 1. The molecule has 0 N–H and O–H groups in total. The number of hydrogen-bond acceptors (Lipinski definition) is 4. The molecule has 0 radical (unpaired) electrons. The van der Waals surface area contributed by atoms with Gasteiger partial charge in [-0.3, -0.25) is 14.5 Å². The Kier molecular flexibility index (Phi) is 3.56. The average molecular weight is 292 g/mol. The van der Waals surface area contributed by atoms with Crippen LogP contribution in [0.3, 0.4) is 0 Å². The lowest BCUT2D eigenvalue weighted by molar-refractivity contribution is -0.130. The summed E-state index contributed by atoms with van der Waals surface area (Å²) in [5, 5.41) is 0. The molecule has 1 saturated heterocycles. The highest BCUT2D eigenvalue weighted by molar-refractivity contribution is 7.99. The molecule has 0 bridgehead atoms. The summed E-state index contributed by atoms with van der Waals surface area (Å²) in [6.45, 7) is 2.82. The van der Waals surface area contributed by atoms with Crippen LogP contribution in [-0.2, 0) is 9.59 Å². The first kappa shape index (κ1) is 13.3. The lowest BCUT2D eigenvalue weighted by Crippen LogP contribution is -2.45. The Bertz CT molecular complexity index is 555. The van der Waals surface area contributed by atoms with E-state index in [2.05, 4.69) is 0 Å². The molecule has 1 aromatic carbocycles. The van der Waals surface area contributed by atoms with E-state index in [0.29, 0.717) is 11.4 Å². The Labute approximate surface area is 121 Å². The molecule has 2 heterocycles. The van der Waals surface area contributed by atoms with E-state index in [1.165, 1.54) is 4.90 Å². The van der Waals surface area contributed by atoms with E-state index >= 15 is 0 Å². The van der Waals surface area contributed by atoms with Crippen LogP contribution in [0, 0.1) is 6.92 Å². The molecule has 0 atom stereocenters. The van der Waals surface area contributed by atoms with Gasteiger partial charge in [-0.25, -0.2) is 0 Å². The maximum Gasteiger partial charge on any atom is 0.265 e. The molecule has 6 heteroatoms. The first-order valence-electron chi connectivity index (χ1n) is 6.54. The van der Waals surface area contributed by atoms with Crippen molar-refractivity contribution in [3.05, 3.63) is 23.8 Å². The SMILES string of the molecule is Cc1ccc2c(c1)N(CC(=O)N1CCSC1)C(=O)CO2. The van der Waals surface area contributed by atoms with E-state index in [-0.39, 0.29) is 25.0 Å². The number of anilines is 1. The fourth-order valence-electron chi connectivity index (χ4n) is 2.33. The molecule has 1 aromatic rings. The number of carbonyl (C=O) groups is 2. The van der Waals surface area contributed by atoms with Gasteiger partial charge in [-0.15, -0.1) is 11.8 Å². The minimum absolute atomic E-state index is 0.00189. The molecule has 20 heavy (non-hydrogen) atoms. The van der Waals surface area contributed by atoms with Gasteiger partial charge >= 0.3 is 0 Å². The second-order valence-electron chi connectivity index (χ2n) is 4.93. The molecular formula is C14H16N2O3S. The third-order valence-electron chi connectivity index (χ3n) is 3.46. The maximum absolute atomic E-state index is 12.2. The third-order valence-corrected chi connectivity index (χ3v) is 4.42. The van der Waals surface area contributed by atoms with Crippen LogP contribution in [0.5, 0.6) is 5.75 Å². The zero-order valence-electron chi connectivity index (χ0n) is 11.3. The van der Waals surface area contributed by atoms with Gasteiger partial charge in [0.15, 0.2) is 6.61 Å². The molecule has 2 aliphatic heterocycles. The number of hydrogen-bond donors (Lipinski definition) is 0. The first-order chi connectivity index (χ1) is 9.65. The Hall–Kier alpha value is -1.69. The van der Waals surface area contributed by atoms with Gasteiger partial charge in [-0.1, -0.05) is 6.07 Å². The van der Waals surface area contributed by atoms with Gasteiger partial charge < -0.3 is 9.64 Å². The summed E-state index contributed by atoms with van der Waals surface area (Å²) in [5.74, 6) is 2.19. The predicted octanol–water partition coefficient (Wildman–Crippen LogP) is 1.25. The lowest BCUT2D eigenvalue weighted by atomic mass is 10.1. The second-order valence-corrected chi connectivity index (χ2v) is 6.01. The number of rotatable bonds is 2. The fourth-order valence-corrected chi connectivity index (χ4v) is 3.30. The van der Waals surface area contributed by atoms with Crippen LogP contribution in [0.2, 0.25) is 0 Å². The van der Waals surface area contributed by atoms with Crippen molar-refractivity contribution in [2.75, 3.05) is 36.2 Å². The summed E-state index contributed by atoms with van der Waals surface area (Å²) in [6, 6.07) is 5.67. The summed E-state index contributed by atoms with van der Waals surface area (Å²) in [7, 11) is 0.